The Morgan fingerprint density at radius 1 is 1.04 bits per heavy atom. The summed E-state index contributed by atoms with van der Waals surface area (Å²) in [5.74, 6) is 0.375. The Kier molecular flexibility index (Phi) is 5.03. The molecule has 0 spiro atoms. The van der Waals surface area contributed by atoms with Crippen molar-refractivity contribution in [3.05, 3.63) is 54.1 Å². The van der Waals surface area contributed by atoms with Gasteiger partial charge in [0.15, 0.2) is 0 Å². The highest BCUT2D eigenvalue weighted by Gasteiger charge is 2.39. The summed E-state index contributed by atoms with van der Waals surface area (Å²) in [4.78, 5) is 26.3. The molecule has 0 radical (unpaired) electrons. The molecule has 0 aliphatic carbocycles. The molecule has 5 heteroatoms. The fraction of sp³-hybridized carbons (Fsp3) is 0.300. The van der Waals surface area contributed by atoms with Crippen molar-refractivity contribution in [2.45, 2.75) is 32.7 Å². The fourth-order valence-corrected chi connectivity index (χ4v) is 2.91. The van der Waals surface area contributed by atoms with E-state index in [9.17, 15) is 9.59 Å². The summed E-state index contributed by atoms with van der Waals surface area (Å²) in [5, 5.41) is 3.15. The summed E-state index contributed by atoms with van der Waals surface area (Å²) in [7, 11) is 0. The molecule has 25 heavy (non-hydrogen) atoms. The molecule has 1 aliphatic rings. The number of carbonyl (C=O) groups excluding carboxylic acids is 2. The lowest BCUT2D eigenvalue weighted by Gasteiger charge is -2.16. The number of amides is 2. The van der Waals surface area contributed by atoms with Gasteiger partial charge >= 0.3 is 0 Å². The van der Waals surface area contributed by atoms with E-state index >= 15 is 0 Å². The first-order valence-corrected chi connectivity index (χ1v) is 8.57. The van der Waals surface area contributed by atoms with E-state index < -0.39 is 6.04 Å². The largest absolute Gasteiger partial charge is 0.494 e. The Bertz CT molecular complexity index is 754. The van der Waals surface area contributed by atoms with Gasteiger partial charge in [-0.05, 0) is 55.3 Å². The highest BCUT2D eigenvalue weighted by molar-refractivity contribution is 6.23. The minimum Gasteiger partial charge on any atom is -0.494 e. The number of imide groups is 1. The van der Waals surface area contributed by atoms with Crippen molar-refractivity contribution in [3.8, 4) is 5.75 Å². The summed E-state index contributed by atoms with van der Waals surface area (Å²) < 4.78 is 5.41. The van der Waals surface area contributed by atoms with Gasteiger partial charge in [0.05, 0.1) is 18.7 Å². The molecule has 2 aromatic carbocycles. The molecule has 0 bridgehead atoms. The highest BCUT2D eigenvalue weighted by Crippen LogP contribution is 2.26. The first-order chi connectivity index (χ1) is 12.1. The summed E-state index contributed by atoms with van der Waals surface area (Å²) in [6.07, 6.45) is 1.08. The van der Waals surface area contributed by atoms with E-state index in [1.54, 1.807) is 0 Å². The van der Waals surface area contributed by atoms with Crippen LogP contribution in [0.5, 0.6) is 5.75 Å². The molecule has 130 valence electrons. The fourth-order valence-electron chi connectivity index (χ4n) is 2.91. The van der Waals surface area contributed by atoms with E-state index in [2.05, 4.69) is 12.2 Å². The zero-order chi connectivity index (χ0) is 17.8. The Morgan fingerprint density at radius 3 is 2.32 bits per heavy atom. The van der Waals surface area contributed by atoms with E-state index in [1.807, 2.05) is 55.5 Å². The van der Waals surface area contributed by atoms with Gasteiger partial charge in [0.25, 0.3) is 5.91 Å². The Labute approximate surface area is 147 Å². The van der Waals surface area contributed by atoms with Crippen LogP contribution in [0.1, 0.15) is 25.8 Å². The van der Waals surface area contributed by atoms with Crippen molar-refractivity contribution in [2.24, 2.45) is 0 Å². The van der Waals surface area contributed by atoms with Crippen molar-refractivity contribution >= 4 is 23.2 Å². The van der Waals surface area contributed by atoms with Crippen LogP contribution in [0.4, 0.5) is 11.4 Å². The number of nitrogens with one attached hydrogen (secondary N) is 1. The zero-order valence-electron chi connectivity index (χ0n) is 14.5. The number of benzene rings is 2. The number of hydrogen-bond donors (Lipinski definition) is 1. The SMILES string of the molecule is CCOc1ccc(N[C@H]2CC(=O)N(c3ccc(CC)cc3)C2=O)cc1. The van der Waals surface area contributed by atoms with Crippen LogP contribution in [0.25, 0.3) is 0 Å². The lowest BCUT2D eigenvalue weighted by Crippen LogP contribution is -2.34. The standard InChI is InChI=1S/C20H22N2O3/c1-3-14-5-9-16(10-6-14)22-19(23)13-18(20(22)24)21-15-7-11-17(12-8-15)25-4-2/h5-12,18,21H,3-4,13H2,1-2H3/t18-/m0/s1. The van der Waals surface area contributed by atoms with E-state index in [-0.39, 0.29) is 18.2 Å². The van der Waals surface area contributed by atoms with Gasteiger partial charge in [-0.3, -0.25) is 9.59 Å². The average molecular weight is 338 g/mol. The first-order valence-electron chi connectivity index (χ1n) is 8.57. The number of hydrogen-bond acceptors (Lipinski definition) is 4. The van der Waals surface area contributed by atoms with Gasteiger partial charge in [-0.25, -0.2) is 4.90 Å². The molecular formula is C20H22N2O3. The van der Waals surface area contributed by atoms with Gasteiger partial charge in [0.2, 0.25) is 5.91 Å². The number of nitrogens with zero attached hydrogens (tertiary/aromatic N) is 1. The third-order valence-electron chi connectivity index (χ3n) is 4.26. The number of ether oxygens (including phenoxy) is 1. The van der Waals surface area contributed by atoms with Crippen LogP contribution in [0, 0.1) is 0 Å². The van der Waals surface area contributed by atoms with Gasteiger partial charge < -0.3 is 10.1 Å². The molecule has 2 amide bonds. The molecule has 0 aromatic heterocycles. The normalized spacial score (nSPS) is 17.0. The Balaban J connectivity index is 1.71. The van der Waals surface area contributed by atoms with E-state index in [0.29, 0.717) is 12.3 Å². The van der Waals surface area contributed by atoms with E-state index in [4.69, 9.17) is 4.74 Å². The Hall–Kier alpha value is -2.82. The first kappa shape index (κ1) is 17.0. The molecule has 1 heterocycles. The van der Waals surface area contributed by atoms with Crippen LogP contribution in [-0.2, 0) is 16.0 Å². The predicted molar refractivity (Wildman–Crippen MR) is 98.0 cm³/mol. The smallest absolute Gasteiger partial charge is 0.256 e. The third-order valence-corrected chi connectivity index (χ3v) is 4.26. The zero-order valence-corrected chi connectivity index (χ0v) is 14.5. The lowest BCUT2D eigenvalue weighted by atomic mass is 10.1. The van der Waals surface area contributed by atoms with Crippen molar-refractivity contribution in [2.75, 3.05) is 16.8 Å². The van der Waals surface area contributed by atoms with Gasteiger partial charge in [-0.15, -0.1) is 0 Å². The van der Waals surface area contributed by atoms with E-state index in [0.717, 1.165) is 17.9 Å². The molecule has 1 N–H and O–H groups in total. The maximum Gasteiger partial charge on any atom is 0.256 e. The van der Waals surface area contributed by atoms with E-state index in [1.165, 1.54) is 10.5 Å². The Morgan fingerprint density at radius 2 is 1.72 bits per heavy atom. The van der Waals surface area contributed by atoms with Crippen LogP contribution in [0.3, 0.4) is 0 Å². The van der Waals surface area contributed by atoms with Gasteiger partial charge in [-0.1, -0.05) is 19.1 Å². The van der Waals surface area contributed by atoms with Crippen LogP contribution in [-0.4, -0.2) is 24.5 Å². The van der Waals surface area contributed by atoms with Crippen molar-refractivity contribution in [3.63, 3.8) is 0 Å². The lowest BCUT2D eigenvalue weighted by molar-refractivity contribution is -0.121. The minimum atomic E-state index is -0.545. The monoisotopic (exact) mass is 338 g/mol. The third kappa shape index (κ3) is 3.65. The van der Waals surface area contributed by atoms with Gasteiger partial charge in [0.1, 0.15) is 11.8 Å². The topological polar surface area (TPSA) is 58.6 Å². The highest BCUT2D eigenvalue weighted by atomic mass is 16.5. The molecule has 2 aromatic rings. The summed E-state index contributed by atoms with van der Waals surface area (Å²) in [5.41, 5.74) is 2.59. The van der Waals surface area contributed by atoms with Crippen LogP contribution >= 0.6 is 0 Å². The van der Waals surface area contributed by atoms with Crippen molar-refractivity contribution in [1.82, 2.24) is 0 Å². The summed E-state index contributed by atoms with van der Waals surface area (Å²) >= 11 is 0. The summed E-state index contributed by atoms with van der Waals surface area (Å²) in [6, 6.07) is 14.4. The average Bonchev–Trinajstić information content (AvgIpc) is 2.90. The number of carbonyl (C=O) groups is 2. The molecule has 0 saturated carbocycles. The molecule has 1 aliphatic heterocycles. The maximum atomic E-state index is 12.7. The predicted octanol–water partition coefficient (Wildman–Crippen LogP) is 3.39. The van der Waals surface area contributed by atoms with Crippen molar-refractivity contribution < 1.29 is 14.3 Å². The van der Waals surface area contributed by atoms with Gasteiger partial charge in [-0.2, -0.15) is 0 Å². The molecule has 3 rings (SSSR count). The second kappa shape index (κ2) is 7.38. The van der Waals surface area contributed by atoms with Crippen LogP contribution in [0.2, 0.25) is 0 Å². The molecule has 1 atom stereocenters. The summed E-state index contributed by atoms with van der Waals surface area (Å²) in [6.45, 7) is 4.60. The quantitative estimate of drug-likeness (QED) is 0.820. The molecule has 1 saturated heterocycles. The van der Waals surface area contributed by atoms with Gasteiger partial charge in [0, 0.05) is 5.69 Å². The van der Waals surface area contributed by atoms with Crippen LogP contribution in [0.15, 0.2) is 48.5 Å². The van der Waals surface area contributed by atoms with Crippen molar-refractivity contribution in [1.29, 1.82) is 0 Å². The molecule has 1 fully saturated rings. The molecule has 0 unspecified atom stereocenters. The second-order valence-electron chi connectivity index (χ2n) is 5.95. The number of anilines is 2. The maximum absolute atomic E-state index is 12.7. The minimum absolute atomic E-state index is 0.154. The van der Waals surface area contributed by atoms with Crippen LogP contribution < -0.4 is 15.0 Å². The number of rotatable bonds is 6. The number of aryl methyl sites for hydroxylation is 1. The molecular weight excluding hydrogens is 316 g/mol. The molecule has 5 nitrogen and oxygen atoms in total. The second-order valence-corrected chi connectivity index (χ2v) is 5.95.